The Morgan fingerprint density at radius 1 is 1.36 bits per heavy atom. The van der Waals surface area contributed by atoms with Crippen molar-refractivity contribution < 1.29 is 4.74 Å². The van der Waals surface area contributed by atoms with E-state index in [4.69, 9.17) is 27.9 Å². The minimum atomic E-state index is 0.139. The predicted molar refractivity (Wildman–Crippen MR) is 106 cm³/mol. The molecule has 1 aliphatic heterocycles. The van der Waals surface area contributed by atoms with Gasteiger partial charge in [-0.25, -0.2) is 0 Å². The lowest BCUT2D eigenvalue weighted by molar-refractivity contribution is -0.0835. The fourth-order valence-corrected chi connectivity index (χ4v) is 3.81. The Morgan fingerprint density at radius 2 is 2.08 bits per heavy atom. The summed E-state index contributed by atoms with van der Waals surface area (Å²) in [5, 5.41) is 7.87. The van der Waals surface area contributed by atoms with Crippen LogP contribution < -0.4 is 10.6 Å². The quantitative estimate of drug-likeness (QED) is 0.608. The van der Waals surface area contributed by atoms with E-state index in [1.807, 2.05) is 17.7 Å². The summed E-state index contributed by atoms with van der Waals surface area (Å²) in [6.45, 7) is 9.03. The van der Waals surface area contributed by atoms with E-state index in [1.54, 1.807) is 7.05 Å². The normalized spacial score (nSPS) is 22.1. The Hall–Kier alpha value is -0.910. The summed E-state index contributed by atoms with van der Waals surface area (Å²) in [7, 11) is 3.67. The topological polar surface area (TPSA) is 50.6 Å². The van der Waals surface area contributed by atoms with E-state index in [2.05, 4.69) is 36.4 Å². The van der Waals surface area contributed by atoms with Gasteiger partial charge < -0.3 is 19.9 Å². The molecular formula is C18H30Cl2N4O. The van der Waals surface area contributed by atoms with Crippen LogP contribution in [0.5, 0.6) is 0 Å². The highest BCUT2D eigenvalue weighted by Crippen LogP contribution is 2.33. The molecule has 25 heavy (non-hydrogen) atoms. The predicted octanol–water partition coefficient (Wildman–Crippen LogP) is 3.84. The standard InChI is InChI=1S/C18H30Cl2N4O/c1-18(2,3)15-12(7-6-8-25-15)10-22-17(21-4)23-11-13-9-14(19)16(20)24(13)5/h9,12,15H,6-8,10-11H2,1-5H3,(H2,21,22,23). The van der Waals surface area contributed by atoms with E-state index >= 15 is 0 Å². The zero-order valence-electron chi connectivity index (χ0n) is 15.8. The van der Waals surface area contributed by atoms with Crippen LogP contribution in [0.4, 0.5) is 0 Å². The average Bonchev–Trinajstić information content (AvgIpc) is 2.81. The molecule has 5 nitrogen and oxygen atoms in total. The molecule has 1 fully saturated rings. The van der Waals surface area contributed by atoms with Crippen molar-refractivity contribution in [2.75, 3.05) is 20.2 Å². The maximum absolute atomic E-state index is 6.11. The van der Waals surface area contributed by atoms with Crippen molar-refractivity contribution in [2.45, 2.75) is 46.3 Å². The van der Waals surface area contributed by atoms with Crippen LogP contribution >= 0.6 is 23.2 Å². The third kappa shape index (κ3) is 5.28. The molecule has 0 bridgehead atoms. The van der Waals surface area contributed by atoms with Crippen molar-refractivity contribution in [3.05, 3.63) is 21.9 Å². The highest BCUT2D eigenvalue weighted by atomic mass is 35.5. The summed E-state index contributed by atoms with van der Waals surface area (Å²) >= 11 is 12.2. The second kappa shape index (κ2) is 8.65. The summed E-state index contributed by atoms with van der Waals surface area (Å²) in [5.74, 6) is 1.25. The van der Waals surface area contributed by atoms with Crippen LogP contribution in [-0.4, -0.2) is 36.8 Å². The third-order valence-electron chi connectivity index (χ3n) is 4.71. The van der Waals surface area contributed by atoms with Crippen LogP contribution in [0, 0.1) is 11.3 Å². The van der Waals surface area contributed by atoms with Crippen molar-refractivity contribution in [1.82, 2.24) is 15.2 Å². The summed E-state index contributed by atoms with van der Waals surface area (Å²) in [6.07, 6.45) is 2.55. The SMILES string of the molecule is CN=C(NCc1cc(Cl)c(Cl)n1C)NCC1CCCOC1C(C)(C)C. The molecule has 2 N–H and O–H groups in total. The molecule has 1 aliphatic rings. The van der Waals surface area contributed by atoms with Gasteiger partial charge in [-0.1, -0.05) is 44.0 Å². The molecule has 142 valence electrons. The first kappa shape index (κ1) is 20.4. The van der Waals surface area contributed by atoms with Gasteiger partial charge in [0.05, 0.1) is 17.7 Å². The largest absolute Gasteiger partial charge is 0.377 e. The molecule has 0 radical (unpaired) electrons. The third-order valence-corrected chi connectivity index (χ3v) is 5.55. The second-order valence-electron chi connectivity index (χ2n) is 7.70. The fourth-order valence-electron chi connectivity index (χ4n) is 3.39. The molecular weight excluding hydrogens is 359 g/mol. The molecule has 2 atom stereocenters. The van der Waals surface area contributed by atoms with Gasteiger partial charge in [0, 0.05) is 38.9 Å². The Labute approximate surface area is 161 Å². The first-order valence-electron chi connectivity index (χ1n) is 8.79. The lowest BCUT2D eigenvalue weighted by Gasteiger charge is -2.40. The van der Waals surface area contributed by atoms with E-state index in [0.717, 1.165) is 31.2 Å². The molecule has 1 saturated heterocycles. The van der Waals surface area contributed by atoms with Crippen molar-refractivity contribution >= 4 is 29.2 Å². The molecule has 0 spiro atoms. The maximum atomic E-state index is 6.11. The smallest absolute Gasteiger partial charge is 0.191 e. The second-order valence-corrected chi connectivity index (χ2v) is 8.47. The van der Waals surface area contributed by atoms with Crippen LogP contribution in [0.2, 0.25) is 10.2 Å². The number of ether oxygens (including phenoxy) is 1. The molecule has 0 aromatic carbocycles. The number of hydrogen-bond acceptors (Lipinski definition) is 2. The van der Waals surface area contributed by atoms with Crippen molar-refractivity contribution in [3.8, 4) is 0 Å². The van der Waals surface area contributed by atoms with Crippen LogP contribution in [0.15, 0.2) is 11.1 Å². The number of nitrogens with zero attached hydrogens (tertiary/aromatic N) is 2. The first-order valence-corrected chi connectivity index (χ1v) is 9.55. The van der Waals surface area contributed by atoms with Crippen molar-refractivity contribution in [3.63, 3.8) is 0 Å². The molecule has 0 saturated carbocycles. The number of aromatic nitrogens is 1. The average molecular weight is 389 g/mol. The van der Waals surface area contributed by atoms with Gasteiger partial charge in [0.2, 0.25) is 0 Å². The minimum absolute atomic E-state index is 0.139. The van der Waals surface area contributed by atoms with Gasteiger partial charge in [-0.3, -0.25) is 4.99 Å². The van der Waals surface area contributed by atoms with Crippen molar-refractivity contribution in [1.29, 1.82) is 0 Å². The number of guanidine groups is 1. The number of nitrogens with one attached hydrogen (secondary N) is 2. The number of aliphatic imine (C=N–C) groups is 1. The summed E-state index contributed by atoms with van der Waals surface area (Å²) in [5.41, 5.74) is 1.15. The van der Waals surface area contributed by atoms with Crippen molar-refractivity contribution in [2.24, 2.45) is 23.4 Å². The molecule has 2 rings (SSSR count). The van der Waals surface area contributed by atoms with Gasteiger partial charge in [0.25, 0.3) is 0 Å². The number of halogens is 2. The van der Waals surface area contributed by atoms with Gasteiger partial charge in [-0.15, -0.1) is 0 Å². The number of rotatable bonds is 4. The summed E-state index contributed by atoms with van der Waals surface area (Å²) in [6, 6.07) is 1.87. The lowest BCUT2D eigenvalue weighted by atomic mass is 9.78. The van der Waals surface area contributed by atoms with Gasteiger partial charge in [-0.2, -0.15) is 0 Å². The van der Waals surface area contributed by atoms with E-state index < -0.39 is 0 Å². The van der Waals surface area contributed by atoms with E-state index in [-0.39, 0.29) is 11.5 Å². The van der Waals surface area contributed by atoms with Crippen LogP contribution in [-0.2, 0) is 18.3 Å². The summed E-state index contributed by atoms with van der Waals surface area (Å²) in [4.78, 5) is 4.31. The van der Waals surface area contributed by atoms with Crippen LogP contribution in [0.25, 0.3) is 0 Å². The highest BCUT2D eigenvalue weighted by Gasteiger charge is 2.35. The molecule has 2 unspecified atom stereocenters. The van der Waals surface area contributed by atoms with Gasteiger partial charge in [0.15, 0.2) is 5.96 Å². The maximum Gasteiger partial charge on any atom is 0.191 e. The van der Waals surface area contributed by atoms with Gasteiger partial charge in [0.1, 0.15) is 5.15 Å². The monoisotopic (exact) mass is 388 g/mol. The molecule has 2 heterocycles. The zero-order valence-corrected chi connectivity index (χ0v) is 17.3. The van der Waals surface area contributed by atoms with E-state index in [9.17, 15) is 0 Å². The number of hydrogen-bond donors (Lipinski definition) is 2. The fraction of sp³-hybridized carbons (Fsp3) is 0.722. The molecule has 7 heteroatoms. The Balaban J connectivity index is 1.90. The lowest BCUT2D eigenvalue weighted by Crippen LogP contribution is -2.47. The molecule has 1 aromatic rings. The minimum Gasteiger partial charge on any atom is -0.377 e. The van der Waals surface area contributed by atoms with Gasteiger partial charge >= 0.3 is 0 Å². The first-order chi connectivity index (χ1) is 11.7. The van der Waals surface area contributed by atoms with E-state index in [0.29, 0.717) is 22.6 Å². The summed E-state index contributed by atoms with van der Waals surface area (Å²) < 4.78 is 7.92. The highest BCUT2D eigenvalue weighted by molar-refractivity contribution is 6.41. The van der Waals surface area contributed by atoms with Gasteiger partial charge in [-0.05, 0) is 24.3 Å². The van der Waals surface area contributed by atoms with Crippen LogP contribution in [0.3, 0.4) is 0 Å². The Kier molecular flexibility index (Phi) is 7.06. The zero-order chi connectivity index (χ0) is 18.6. The Bertz CT molecular complexity index is 607. The molecule has 1 aromatic heterocycles. The molecule has 0 amide bonds. The Morgan fingerprint density at radius 3 is 2.64 bits per heavy atom. The molecule has 0 aliphatic carbocycles. The van der Waals surface area contributed by atoms with Crippen LogP contribution in [0.1, 0.15) is 39.3 Å². The van der Waals surface area contributed by atoms with E-state index in [1.165, 1.54) is 6.42 Å².